The Morgan fingerprint density at radius 2 is 1.69 bits per heavy atom. The highest BCUT2D eigenvalue weighted by Gasteiger charge is 2.45. The predicted octanol–water partition coefficient (Wildman–Crippen LogP) is 5.83. The first-order valence-electron chi connectivity index (χ1n) is 19.3. The number of pyridine rings is 1. The van der Waals surface area contributed by atoms with Crippen LogP contribution in [0.15, 0.2) is 48.5 Å². The smallest absolute Gasteiger partial charge is 0.386 e. The topological polar surface area (TPSA) is 191 Å². The molecule has 14 nitrogen and oxygen atoms in total. The van der Waals surface area contributed by atoms with Crippen molar-refractivity contribution in [1.29, 1.82) is 0 Å². The summed E-state index contributed by atoms with van der Waals surface area (Å²) in [6.07, 6.45) is -1.34. The summed E-state index contributed by atoms with van der Waals surface area (Å²) in [6.45, 7) is 3.92. The number of aliphatic hydroxyl groups is 1. The number of aromatic nitrogens is 2. The average molecular weight is 834 g/mol. The Morgan fingerprint density at radius 3 is 2.39 bits per heavy atom. The van der Waals surface area contributed by atoms with Crippen LogP contribution in [-0.4, -0.2) is 86.5 Å². The number of carbonyl (C=O) groups is 6. The van der Waals surface area contributed by atoms with Gasteiger partial charge in [0, 0.05) is 55.3 Å². The highest BCUT2D eigenvalue weighted by molar-refractivity contribution is 7.18. The van der Waals surface area contributed by atoms with Gasteiger partial charge in [-0.05, 0) is 88.8 Å². The van der Waals surface area contributed by atoms with Crippen LogP contribution < -0.4 is 16.0 Å². The molecule has 4 aromatic rings. The standard InChI is InChI=1S/C41H42F3N7O7S/c1-40(2,58)24-19-28-30(20-27(24)47-34(53)26-9-5-10-31(46-26)41(42,43)44)59-36(48-28)21-11-13-22(14-12-21)37(55)50(3)18-6-17-45-25-8-4-7-23-33(25)39(57)51(38(23)56)29-15-16-32(52)49-35(29)54/h4-5,7-10,19-22,29,45,58H,6,11-18H2,1-3H3,(H,47,53)(H,49,52,54). The van der Waals surface area contributed by atoms with Gasteiger partial charge in [-0.1, -0.05) is 12.1 Å². The summed E-state index contributed by atoms with van der Waals surface area (Å²) in [5.74, 6) is -3.23. The van der Waals surface area contributed by atoms with Gasteiger partial charge in [0.05, 0.1) is 32.0 Å². The lowest BCUT2D eigenvalue weighted by Gasteiger charge is -2.30. The van der Waals surface area contributed by atoms with Crippen molar-refractivity contribution in [3.63, 3.8) is 0 Å². The zero-order valence-electron chi connectivity index (χ0n) is 32.4. The Morgan fingerprint density at radius 1 is 0.966 bits per heavy atom. The van der Waals surface area contributed by atoms with Crippen LogP contribution in [-0.2, 0) is 26.2 Å². The number of hydrogen-bond donors (Lipinski definition) is 4. The van der Waals surface area contributed by atoms with Crippen molar-refractivity contribution < 1.29 is 47.0 Å². The van der Waals surface area contributed by atoms with E-state index in [2.05, 4.69) is 20.9 Å². The van der Waals surface area contributed by atoms with Crippen molar-refractivity contribution in [3.8, 4) is 0 Å². The number of rotatable bonds is 11. The lowest BCUT2D eigenvalue weighted by Crippen LogP contribution is -2.54. The number of thiazole rings is 1. The zero-order valence-corrected chi connectivity index (χ0v) is 33.3. The van der Waals surface area contributed by atoms with Crippen LogP contribution in [0.25, 0.3) is 10.2 Å². The third-order valence-corrected chi connectivity index (χ3v) is 12.2. The number of benzene rings is 2. The van der Waals surface area contributed by atoms with Crippen LogP contribution in [0.4, 0.5) is 24.5 Å². The normalized spacial score (nSPS) is 19.8. The second-order valence-corrected chi connectivity index (χ2v) is 16.7. The molecule has 1 aliphatic carbocycles. The van der Waals surface area contributed by atoms with Crippen LogP contribution in [0.3, 0.4) is 0 Å². The molecule has 6 amide bonds. The molecule has 4 heterocycles. The van der Waals surface area contributed by atoms with Gasteiger partial charge in [-0.2, -0.15) is 13.2 Å². The molecule has 0 radical (unpaired) electrons. The third kappa shape index (κ3) is 8.55. The van der Waals surface area contributed by atoms with Crippen molar-refractivity contribution >= 4 is 68.4 Å². The number of nitrogens with one attached hydrogen (secondary N) is 3. The number of carbonyl (C=O) groups excluding carboxylic acids is 6. The van der Waals surface area contributed by atoms with Crippen molar-refractivity contribution in [3.05, 3.63) is 81.6 Å². The summed E-state index contributed by atoms with van der Waals surface area (Å²) in [5.41, 5.74) is -1.07. The molecule has 1 saturated carbocycles. The molecule has 2 aliphatic heterocycles. The Kier molecular flexibility index (Phi) is 11.3. The first kappa shape index (κ1) is 41.4. The molecule has 0 bridgehead atoms. The van der Waals surface area contributed by atoms with Crippen molar-refractivity contribution in [1.82, 2.24) is 25.1 Å². The number of anilines is 2. The summed E-state index contributed by atoms with van der Waals surface area (Å²) >= 11 is 1.43. The van der Waals surface area contributed by atoms with E-state index in [1.165, 1.54) is 37.3 Å². The van der Waals surface area contributed by atoms with E-state index >= 15 is 0 Å². The average Bonchev–Trinajstić information content (AvgIpc) is 3.72. The van der Waals surface area contributed by atoms with E-state index in [0.29, 0.717) is 49.1 Å². The first-order valence-corrected chi connectivity index (χ1v) is 20.1. The zero-order chi connectivity index (χ0) is 42.4. The monoisotopic (exact) mass is 833 g/mol. The van der Waals surface area contributed by atoms with Gasteiger partial charge >= 0.3 is 6.18 Å². The van der Waals surface area contributed by atoms with E-state index in [9.17, 15) is 47.0 Å². The lowest BCUT2D eigenvalue weighted by molar-refractivity contribution is -0.141. The van der Waals surface area contributed by atoms with E-state index in [1.54, 1.807) is 36.2 Å². The molecule has 2 fully saturated rings. The SMILES string of the molecule is CN(CCCNc1cccc2c1C(=O)N(C1CCC(=O)NC1=O)C2=O)C(=O)C1CCC(c2nc3cc(C(C)(C)O)c(NC(=O)c4cccc(C(F)(F)F)n4)cc3s2)CC1. The summed E-state index contributed by atoms with van der Waals surface area (Å²) in [7, 11) is 1.75. The number of fused-ring (bicyclic) bond motifs is 2. The van der Waals surface area contributed by atoms with Gasteiger partial charge in [0.25, 0.3) is 17.7 Å². The molecule has 59 heavy (non-hydrogen) atoms. The number of piperidine rings is 1. The summed E-state index contributed by atoms with van der Waals surface area (Å²) in [6, 6.07) is 10.2. The molecule has 7 rings (SSSR count). The minimum absolute atomic E-state index is 0.0273. The minimum atomic E-state index is -4.72. The van der Waals surface area contributed by atoms with E-state index in [-0.39, 0.29) is 47.4 Å². The minimum Gasteiger partial charge on any atom is -0.386 e. The molecular weight excluding hydrogens is 792 g/mol. The van der Waals surface area contributed by atoms with Gasteiger partial charge in [0.2, 0.25) is 17.7 Å². The molecular formula is C41H42F3N7O7S. The molecule has 18 heteroatoms. The Hall–Kier alpha value is -5.75. The summed E-state index contributed by atoms with van der Waals surface area (Å²) in [4.78, 5) is 88.1. The molecule has 2 aromatic heterocycles. The molecule has 310 valence electrons. The van der Waals surface area contributed by atoms with Crippen molar-refractivity contribution in [2.24, 2.45) is 5.92 Å². The van der Waals surface area contributed by atoms with Crippen LogP contribution >= 0.6 is 11.3 Å². The van der Waals surface area contributed by atoms with Crippen LogP contribution in [0, 0.1) is 5.92 Å². The third-order valence-electron chi connectivity index (χ3n) is 11.0. The second-order valence-electron chi connectivity index (χ2n) is 15.6. The number of imide groups is 2. The first-order chi connectivity index (χ1) is 27.9. The van der Waals surface area contributed by atoms with Crippen molar-refractivity contribution in [2.75, 3.05) is 30.8 Å². The lowest BCUT2D eigenvalue weighted by atomic mass is 9.81. The Labute approximate surface area is 340 Å². The maximum absolute atomic E-state index is 13.5. The van der Waals surface area contributed by atoms with Gasteiger partial charge in [-0.3, -0.25) is 39.0 Å². The Bertz CT molecular complexity index is 2370. The molecule has 1 atom stereocenters. The van der Waals surface area contributed by atoms with Crippen molar-refractivity contribution in [2.45, 2.75) is 82.5 Å². The molecule has 3 aliphatic rings. The van der Waals surface area contributed by atoms with E-state index in [1.807, 2.05) is 0 Å². The maximum atomic E-state index is 13.5. The Balaban J connectivity index is 0.932. The molecule has 1 unspecified atom stereocenters. The van der Waals surface area contributed by atoms with Crippen LogP contribution in [0.5, 0.6) is 0 Å². The molecule has 2 aromatic carbocycles. The van der Waals surface area contributed by atoms with E-state index < -0.39 is 58.7 Å². The number of nitrogens with zero attached hydrogens (tertiary/aromatic N) is 4. The second kappa shape index (κ2) is 16.1. The largest absolute Gasteiger partial charge is 0.433 e. The summed E-state index contributed by atoms with van der Waals surface area (Å²) < 4.78 is 40.4. The fourth-order valence-electron chi connectivity index (χ4n) is 7.89. The fourth-order valence-corrected chi connectivity index (χ4v) is 9.05. The number of amides is 6. The van der Waals surface area contributed by atoms with Crippen LogP contribution in [0.1, 0.15) is 112 Å². The van der Waals surface area contributed by atoms with Crippen LogP contribution in [0.2, 0.25) is 0 Å². The highest BCUT2D eigenvalue weighted by atomic mass is 32.1. The van der Waals surface area contributed by atoms with E-state index in [0.717, 1.165) is 39.6 Å². The quantitative estimate of drug-likeness (QED) is 0.106. The molecule has 4 N–H and O–H groups in total. The number of halogens is 3. The van der Waals surface area contributed by atoms with Gasteiger partial charge < -0.3 is 20.6 Å². The van der Waals surface area contributed by atoms with Gasteiger partial charge in [-0.25, -0.2) is 9.97 Å². The number of hydrogen-bond acceptors (Lipinski definition) is 11. The predicted molar refractivity (Wildman–Crippen MR) is 211 cm³/mol. The molecule has 0 spiro atoms. The summed E-state index contributed by atoms with van der Waals surface area (Å²) in [5, 5.41) is 19.8. The fraction of sp³-hybridized carbons (Fsp3) is 0.415. The van der Waals surface area contributed by atoms with E-state index in [4.69, 9.17) is 4.98 Å². The maximum Gasteiger partial charge on any atom is 0.433 e. The highest BCUT2D eigenvalue weighted by Crippen LogP contribution is 2.42. The van der Waals surface area contributed by atoms with Gasteiger partial charge in [-0.15, -0.1) is 11.3 Å². The van der Waals surface area contributed by atoms with Gasteiger partial charge in [0.1, 0.15) is 17.4 Å². The van der Waals surface area contributed by atoms with Gasteiger partial charge in [0.15, 0.2) is 0 Å². The number of alkyl halides is 3. The molecule has 1 saturated heterocycles.